The largest absolute Gasteiger partial charge is 0.493 e. The summed E-state index contributed by atoms with van der Waals surface area (Å²) in [7, 11) is 1.65. The van der Waals surface area contributed by atoms with Gasteiger partial charge in [0.15, 0.2) is 11.5 Å². The molecule has 3 N–H and O–H groups in total. The van der Waals surface area contributed by atoms with E-state index in [2.05, 4.69) is 10.6 Å². The molecule has 0 saturated heterocycles. The second-order valence-corrected chi connectivity index (χ2v) is 5.41. The van der Waals surface area contributed by atoms with Crippen molar-refractivity contribution in [1.82, 2.24) is 10.6 Å². The molecule has 0 aromatic heterocycles. The fourth-order valence-corrected chi connectivity index (χ4v) is 2.29. The van der Waals surface area contributed by atoms with Crippen molar-refractivity contribution in [3.8, 4) is 11.5 Å². The van der Waals surface area contributed by atoms with Gasteiger partial charge in [0.1, 0.15) is 6.61 Å². The lowest BCUT2D eigenvalue weighted by atomic mass is 10.2. The van der Waals surface area contributed by atoms with Crippen LogP contribution in [0.1, 0.15) is 11.1 Å². The van der Waals surface area contributed by atoms with Crippen molar-refractivity contribution in [3.05, 3.63) is 59.7 Å². The van der Waals surface area contributed by atoms with Crippen molar-refractivity contribution < 1.29 is 14.6 Å². The molecule has 0 radical (unpaired) electrons. The molecule has 0 fully saturated rings. The van der Waals surface area contributed by atoms with Gasteiger partial charge in [-0.3, -0.25) is 0 Å². The summed E-state index contributed by atoms with van der Waals surface area (Å²) in [5.74, 6) is 1.48. The van der Waals surface area contributed by atoms with Gasteiger partial charge in [-0.1, -0.05) is 36.4 Å². The number of hydrogen-bond donors (Lipinski definition) is 3. The lowest BCUT2D eigenvalue weighted by molar-refractivity contribution is 0.284. The summed E-state index contributed by atoms with van der Waals surface area (Å²) >= 11 is 0. The van der Waals surface area contributed by atoms with Gasteiger partial charge < -0.3 is 25.2 Å². The molecule has 2 aromatic rings. The molecule has 0 unspecified atom stereocenters. The molecule has 5 nitrogen and oxygen atoms in total. The van der Waals surface area contributed by atoms with Gasteiger partial charge >= 0.3 is 0 Å². The Bertz CT molecular complexity index is 601. The Morgan fingerprint density at radius 1 is 0.846 bits per heavy atom. The number of rotatable bonds is 11. The molecule has 146 valence electrons. The zero-order chi connectivity index (χ0) is 17.0. The Labute approximate surface area is 167 Å². The van der Waals surface area contributed by atoms with Gasteiger partial charge in [-0.05, 0) is 23.3 Å². The van der Waals surface area contributed by atoms with Gasteiger partial charge in [0.25, 0.3) is 0 Å². The Kier molecular flexibility index (Phi) is 13.8. The zero-order valence-corrected chi connectivity index (χ0v) is 16.6. The SMILES string of the molecule is COc1cc(CNCCNCCO)ccc1OCc1ccccc1.Cl.Cl. The van der Waals surface area contributed by atoms with Crippen LogP contribution in [0.15, 0.2) is 48.5 Å². The second-order valence-electron chi connectivity index (χ2n) is 5.41. The molecule has 0 aliphatic rings. The predicted molar refractivity (Wildman–Crippen MR) is 110 cm³/mol. The maximum Gasteiger partial charge on any atom is 0.161 e. The van der Waals surface area contributed by atoms with Gasteiger partial charge in [0.05, 0.1) is 13.7 Å². The average molecular weight is 403 g/mol. The van der Waals surface area contributed by atoms with E-state index >= 15 is 0 Å². The predicted octanol–water partition coefficient (Wildman–Crippen LogP) is 2.79. The van der Waals surface area contributed by atoms with Crippen LogP contribution in [0.2, 0.25) is 0 Å². The highest BCUT2D eigenvalue weighted by atomic mass is 35.5. The van der Waals surface area contributed by atoms with E-state index in [0.717, 1.165) is 42.3 Å². The quantitative estimate of drug-likeness (QED) is 0.504. The Morgan fingerprint density at radius 2 is 1.58 bits per heavy atom. The van der Waals surface area contributed by atoms with E-state index in [1.165, 1.54) is 0 Å². The second kappa shape index (κ2) is 14.6. The smallest absolute Gasteiger partial charge is 0.161 e. The molecular formula is C19H28Cl2N2O3. The normalized spacial score (nSPS) is 9.77. The van der Waals surface area contributed by atoms with Crippen LogP contribution in [0.4, 0.5) is 0 Å². The average Bonchev–Trinajstić information content (AvgIpc) is 2.64. The summed E-state index contributed by atoms with van der Waals surface area (Å²) in [6.07, 6.45) is 0. The van der Waals surface area contributed by atoms with Crippen LogP contribution in [-0.4, -0.2) is 38.5 Å². The van der Waals surface area contributed by atoms with Crippen LogP contribution in [0, 0.1) is 0 Å². The highest BCUT2D eigenvalue weighted by molar-refractivity contribution is 5.85. The number of aliphatic hydroxyl groups excluding tert-OH is 1. The van der Waals surface area contributed by atoms with E-state index in [1.807, 2.05) is 48.5 Å². The Morgan fingerprint density at radius 3 is 2.27 bits per heavy atom. The van der Waals surface area contributed by atoms with Crippen molar-refractivity contribution in [3.63, 3.8) is 0 Å². The third kappa shape index (κ3) is 8.74. The number of ether oxygens (including phenoxy) is 2. The van der Waals surface area contributed by atoms with Crippen LogP contribution >= 0.6 is 24.8 Å². The van der Waals surface area contributed by atoms with Crippen LogP contribution in [-0.2, 0) is 13.2 Å². The molecule has 0 spiro atoms. The van der Waals surface area contributed by atoms with Crippen molar-refractivity contribution in [2.24, 2.45) is 0 Å². The van der Waals surface area contributed by atoms with Gasteiger partial charge in [0, 0.05) is 26.2 Å². The Hall–Kier alpha value is -1.50. The van der Waals surface area contributed by atoms with E-state index in [4.69, 9.17) is 14.6 Å². The number of nitrogens with one attached hydrogen (secondary N) is 2. The van der Waals surface area contributed by atoms with Crippen LogP contribution < -0.4 is 20.1 Å². The lowest BCUT2D eigenvalue weighted by Crippen LogP contribution is -2.28. The van der Waals surface area contributed by atoms with E-state index in [1.54, 1.807) is 7.11 Å². The highest BCUT2D eigenvalue weighted by Gasteiger charge is 2.06. The van der Waals surface area contributed by atoms with Gasteiger partial charge in [-0.15, -0.1) is 24.8 Å². The molecular weight excluding hydrogens is 375 g/mol. The number of aliphatic hydroxyl groups is 1. The van der Waals surface area contributed by atoms with Crippen molar-refractivity contribution in [2.75, 3.05) is 33.4 Å². The first-order chi connectivity index (χ1) is 11.8. The van der Waals surface area contributed by atoms with Gasteiger partial charge in [0.2, 0.25) is 0 Å². The fourth-order valence-electron chi connectivity index (χ4n) is 2.29. The molecule has 0 aliphatic carbocycles. The first-order valence-electron chi connectivity index (χ1n) is 8.19. The third-order valence-corrected chi connectivity index (χ3v) is 3.56. The topological polar surface area (TPSA) is 62.8 Å². The molecule has 0 heterocycles. The summed E-state index contributed by atoms with van der Waals surface area (Å²) < 4.78 is 11.3. The zero-order valence-electron chi connectivity index (χ0n) is 14.9. The minimum atomic E-state index is 0. The number of methoxy groups -OCH3 is 1. The summed E-state index contributed by atoms with van der Waals surface area (Å²) in [6.45, 7) is 3.75. The molecule has 2 rings (SSSR count). The van der Waals surface area contributed by atoms with Crippen molar-refractivity contribution in [2.45, 2.75) is 13.2 Å². The maximum atomic E-state index is 8.69. The first kappa shape index (κ1) is 24.5. The number of hydrogen-bond acceptors (Lipinski definition) is 5. The van der Waals surface area contributed by atoms with E-state index in [-0.39, 0.29) is 31.4 Å². The van der Waals surface area contributed by atoms with Crippen LogP contribution in [0.3, 0.4) is 0 Å². The van der Waals surface area contributed by atoms with E-state index < -0.39 is 0 Å². The van der Waals surface area contributed by atoms with Gasteiger partial charge in [-0.2, -0.15) is 0 Å². The standard InChI is InChI=1S/C19H26N2O3.2ClH/c1-23-19-13-17(14-21-10-9-20-11-12-22)7-8-18(19)24-15-16-5-3-2-4-6-16;;/h2-8,13,20-22H,9-12,14-15H2,1H3;2*1H. The summed E-state index contributed by atoms with van der Waals surface area (Å²) in [5.41, 5.74) is 2.27. The first-order valence-corrected chi connectivity index (χ1v) is 8.19. The van der Waals surface area contributed by atoms with E-state index in [0.29, 0.717) is 13.2 Å². The Balaban J connectivity index is 0.00000312. The van der Waals surface area contributed by atoms with Gasteiger partial charge in [-0.25, -0.2) is 0 Å². The highest BCUT2D eigenvalue weighted by Crippen LogP contribution is 2.28. The van der Waals surface area contributed by atoms with E-state index in [9.17, 15) is 0 Å². The third-order valence-electron chi connectivity index (χ3n) is 3.56. The molecule has 0 amide bonds. The number of benzene rings is 2. The minimum absolute atomic E-state index is 0. The number of halogens is 2. The minimum Gasteiger partial charge on any atom is -0.493 e. The molecule has 0 atom stereocenters. The molecule has 2 aromatic carbocycles. The monoisotopic (exact) mass is 402 g/mol. The maximum absolute atomic E-state index is 8.69. The van der Waals surface area contributed by atoms with Crippen molar-refractivity contribution in [1.29, 1.82) is 0 Å². The summed E-state index contributed by atoms with van der Waals surface area (Å²) in [4.78, 5) is 0. The molecule has 7 heteroatoms. The summed E-state index contributed by atoms with van der Waals surface area (Å²) in [5, 5.41) is 15.2. The van der Waals surface area contributed by atoms with Crippen LogP contribution in [0.25, 0.3) is 0 Å². The van der Waals surface area contributed by atoms with Crippen molar-refractivity contribution >= 4 is 24.8 Å². The lowest BCUT2D eigenvalue weighted by Gasteiger charge is -2.13. The molecule has 0 aliphatic heterocycles. The fraction of sp³-hybridized carbons (Fsp3) is 0.368. The summed E-state index contributed by atoms with van der Waals surface area (Å²) in [6, 6.07) is 16.0. The molecule has 26 heavy (non-hydrogen) atoms. The molecule has 0 bridgehead atoms. The van der Waals surface area contributed by atoms with Crippen LogP contribution in [0.5, 0.6) is 11.5 Å². The molecule has 0 saturated carbocycles.